The van der Waals surface area contributed by atoms with E-state index in [2.05, 4.69) is 27.8 Å². The van der Waals surface area contributed by atoms with Crippen LogP contribution in [0.5, 0.6) is 5.75 Å². The van der Waals surface area contributed by atoms with Crippen LogP contribution in [0.25, 0.3) is 0 Å². The minimum absolute atomic E-state index is 0.394. The molecule has 84 valence electrons. The number of halogens is 1. The minimum atomic E-state index is 0.394. The summed E-state index contributed by atoms with van der Waals surface area (Å²) in [5.41, 5.74) is 1.00. The predicted octanol–water partition coefficient (Wildman–Crippen LogP) is 3.88. The lowest BCUT2D eigenvalue weighted by molar-refractivity contribution is 0.370. The van der Waals surface area contributed by atoms with Gasteiger partial charge < -0.3 is 4.74 Å². The Bertz CT molecular complexity index is 538. The molecule has 2 rings (SSSR count). The molecule has 0 spiro atoms. The van der Waals surface area contributed by atoms with E-state index in [9.17, 15) is 0 Å². The molecular formula is C15H11BrO. The average Bonchev–Trinajstić information content (AvgIpc) is 2.36. The quantitative estimate of drug-likeness (QED) is 0.762. The second-order valence-corrected chi connectivity index (χ2v) is 4.33. The van der Waals surface area contributed by atoms with Crippen LogP contribution in [0, 0.1) is 11.8 Å². The first kappa shape index (κ1) is 11.8. The Hall–Kier alpha value is -1.72. The van der Waals surface area contributed by atoms with Gasteiger partial charge in [-0.15, -0.1) is 0 Å². The van der Waals surface area contributed by atoms with Gasteiger partial charge in [-0.1, -0.05) is 52.0 Å². The fraction of sp³-hybridized carbons (Fsp3) is 0.0667. The van der Waals surface area contributed by atoms with Crippen molar-refractivity contribution in [3.05, 3.63) is 64.6 Å². The normalized spacial score (nSPS) is 9.24. The maximum absolute atomic E-state index is 5.50. The fourth-order valence-electron chi connectivity index (χ4n) is 1.34. The van der Waals surface area contributed by atoms with Gasteiger partial charge in [0, 0.05) is 10.0 Å². The summed E-state index contributed by atoms with van der Waals surface area (Å²) in [5, 5.41) is 0. The lowest BCUT2D eigenvalue weighted by Gasteiger charge is -2.01. The summed E-state index contributed by atoms with van der Waals surface area (Å²) < 4.78 is 6.51. The standard InChI is InChI=1S/C15H11BrO/c16-14-9-4-10-15(12-14)17-11-5-8-13-6-2-1-3-7-13/h1-4,6-7,9-10,12H,11H2. The molecule has 17 heavy (non-hydrogen) atoms. The summed E-state index contributed by atoms with van der Waals surface area (Å²) in [4.78, 5) is 0. The molecule has 0 saturated heterocycles. The van der Waals surface area contributed by atoms with E-state index in [0.29, 0.717) is 6.61 Å². The Labute approximate surface area is 110 Å². The Morgan fingerprint density at radius 3 is 2.59 bits per heavy atom. The third-order valence-electron chi connectivity index (χ3n) is 2.11. The van der Waals surface area contributed by atoms with E-state index in [4.69, 9.17) is 4.74 Å². The van der Waals surface area contributed by atoms with Gasteiger partial charge in [0.1, 0.15) is 12.4 Å². The Morgan fingerprint density at radius 2 is 1.82 bits per heavy atom. The Kier molecular flexibility index (Phi) is 4.23. The zero-order valence-electron chi connectivity index (χ0n) is 9.19. The zero-order chi connectivity index (χ0) is 11.9. The molecule has 0 unspecified atom stereocenters. The maximum Gasteiger partial charge on any atom is 0.149 e. The molecule has 0 aliphatic rings. The third-order valence-corrected chi connectivity index (χ3v) is 2.61. The third kappa shape index (κ3) is 3.97. The second kappa shape index (κ2) is 6.12. The van der Waals surface area contributed by atoms with Crippen LogP contribution in [0.2, 0.25) is 0 Å². The first-order valence-electron chi connectivity index (χ1n) is 5.27. The molecule has 0 aliphatic heterocycles. The maximum atomic E-state index is 5.50. The fourth-order valence-corrected chi connectivity index (χ4v) is 1.71. The van der Waals surface area contributed by atoms with Crippen LogP contribution in [0.3, 0.4) is 0 Å². The first-order chi connectivity index (χ1) is 8.34. The molecule has 2 heteroatoms. The van der Waals surface area contributed by atoms with Gasteiger partial charge in [-0.3, -0.25) is 0 Å². The average molecular weight is 287 g/mol. The Balaban J connectivity index is 1.90. The summed E-state index contributed by atoms with van der Waals surface area (Å²) in [5.74, 6) is 6.85. The van der Waals surface area contributed by atoms with Gasteiger partial charge in [0.05, 0.1) is 0 Å². The smallest absolute Gasteiger partial charge is 0.149 e. The van der Waals surface area contributed by atoms with Crippen LogP contribution in [-0.4, -0.2) is 6.61 Å². The molecule has 0 atom stereocenters. The van der Waals surface area contributed by atoms with Crippen molar-refractivity contribution in [1.82, 2.24) is 0 Å². The Morgan fingerprint density at radius 1 is 1.00 bits per heavy atom. The zero-order valence-corrected chi connectivity index (χ0v) is 10.8. The highest BCUT2D eigenvalue weighted by Crippen LogP contribution is 2.17. The van der Waals surface area contributed by atoms with Crippen LogP contribution in [0.15, 0.2) is 59.1 Å². The number of hydrogen-bond acceptors (Lipinski definition) is 1. The van der Waals surface area contributed by atoms with Crippen molar-refractivity contribution in [2.24, 2.45) is 0 Å². The molecule has 2 aromatic carbocycles. The molecule has 2 aromatic rings. The van der Waals surface area contributed by atoms with Gasteiger partial charge in [0.15, 0.2) is 0 Å². The van der Waals surface area contributed by atoms with Crippen molar-refractivity contribution in [2.75, 3.05) is 6.61 Å². The van der Waals surface area contributed by atoms with E-state index < -0.39 is 0 Å². The molecule has 0 saturated carbocycles. The van der Waals surface area contributed by atoms with E-state index in [0.717, 1.165) is 15.8 Å². The molecule has 0 fully saturated rings. The number of hydrogen-bond donors (Lipinski definition) is 0. The van der Waals surface area contributed by atoms with Gasteiger partial charge in [-0.25, -0.2) is 0 Å². The largest absolute Gasteiger partial charge is 0.481 e. The summed E-state index contributed by atoms with van der Waals surface area (Å²) in [7, 11) is 0. The summed E-state index contributed by atoms with van der Waals surface area (Å²) in [6.45, 7) is 0.394. The number of ether oxygens (including phenoxy) is 1. The minimum Gasteiger partial charge on any atom is -0.481 e. The van der Waals surface area contributed by atoms with Gasteiger partial charge in [0.25, 0.3) is 0 Å². The van der Waals surface area contributed by atoms with Crippen molar-refractivity contribution in [3.63, 3.8) is 0 Å². The summed E-state index contributed by atoms with van der Waals surface area (Å²) in [6, 6.07) is 17.6. The van der Waals surface area contributed by atoms with E-state index in [1.165, 1.54) is 0 Å². The SMILES string of the molecule is Brc1cccc(OCC#Cc2ccccc2)c1. The molecule has 0 aromatic heterocycles. The molecule has 0 radical (unpaired) electrons. The van der Waals surface area contributed by atoms with Gasteiger partial charge in [-0.2, -0.15) is 0 Å². The summed E-state index contributed by atoms with van der Waals surface area (Å²) in [6.07, 6.45) is 0. The van der Waals surface area contributed by atoms with Crippen molar-refractivity contribution in [2.45, 2.75) is 0 Å². The molecule has 0 heterocycles. The molecule has 1 nitrogen and oxygen atoms in total. The highest BCUT2D eigenvalue weighted by atomic mass is 79.9. The topological polar surface area (TPSA) is 9.23 Å². The molecule has 0 bridgehead atoms. The van der Waals surface area contributed by atoms with E-state index in [-0.39, 0.29) is 0 Å². The second-order valence-electron chi connectivity index (χ2n) is 3.41. The van der Waals surface area contributed by atoms with Crippen molar-refractivity contribution < 1.29 is 4.74 Å². The van der Waals surface area contributed by atoms with Crippen molar-refractivity contribution in [3.8, 4) is 17.6 Å². The van der Waals surface area contributed by atoms with Crippen LogP contribution in [0.1, 0.15) is 5.56 Å². The predicted molar refractivity (Wildman–Crippen MR) is 73.0 cm³/mol. The van der Waals surface area contributed by atoms with Crippen LogP contribution >= 0.6 is 15.9 Å². The van der Waals surface area contributed by atoms with Crippen LogP contribution in [0.4, 0.5) is 0 Å². The highest BCUT2D eigenvalue weighted by Gasteiger charge is 1.91. The molecule has 0 N–H and O–H groups in total. The van der Waals surface area contributed by atoms with Gasteiger partial charge >= 0.3 is 0 Å². The van der Waals surface area contributed by atoms with E-state index >= 15 is 0 Å². The lowest BCUT2D eigenvalue weighted by atomic mass is 10.2. The van der Waals surface area contributed by atoms with Gasteiger partial charge in [0.2, 0.25) is 0 Å². The van der Waals surface area contributed by atoms with Crippen LogP contribution in [-0.2, 0) is 0 Å². The van der Waals surface area contributed by atoms with Crippen molar-refractivity contribution >= 4 is 15.9 Å². The summed E-state index contributed by atoms with van der Waals surface area (Å²) >= 11 is 3.39. The monoisotopic (exact) mass is 286 g/mol. The molecular weight excluding hydrogens is 276 g/mol. The lowest BCUT2D eigenvalue weighted by Crippen LogP contribution is -1.93. The highest BCUT2D eigenvalue weighted by molar-refractivity contribution is 9.10. The first-order valence-corrected chi connectivity index (χ1v) is 6.06. The molecule has 0 amide bonds. The number of benzene rings is 2. The van der Waals surface area contributed by atoms with Crippen LogP contribution < -0.4 is 4.74 Å². The van der Waals surface area contributed by atoms with E-state index in [1.54, 1.807) is 0 Å². The number of rotatable bonds is 2. The van der Waals surface area contributed by atoms with E-state index in [1.807, 2.05) is 54.6 Å². The van der Waals surface area contributed by atoms with Crippen molar-refractivity contribution in [1.29, 1.82) is 0 Å². The van der Waals surface area contributed by atoms with Gasteiger partial charge in [-0.05, 0) is 30.3 Å². The molecule has 0 aliphatic carbocycles.